The minimum Gasteiger partial charge on any atom is -0.417 e. The summed E-state index contributed by atoms with van der Waals surface area (Å²) in [4.78, 5) is 2.63. The van der Waals surface area contributed by atoms with Crippen molar-refractivity contribution >= 4 is 0 Å². The molecule has 1 aromatic carbocycles. The Morgan fingerprint density at radius 3 is 1.72 bits per heavy atom. The van der Waals surface area contributed by atoms with Crippen LogP contribution >= 0.6 is 0 Å². The summed E-state index contributed by atoms with van der Waals surface area (Å²) >= 11 is 0. The van der Waals surface area contributed by atoms with Gasteiger partial charge in [0.2, 0.25) is 11.7 Å². The number of aromatic nitrogens is 1. The molecule has 0 radical (unpaired) electrons. The fourth-order valence-corrected chi connectivity index (χ4v) is 1.86. The average molecular weight is 379 g/mol. The number of alkyl halides is 5. The Balaban J connectivity index is 2.80. The Kier molecular flexibility index (Phi) is 4.82. The molecule has 136 valence electrons. The molecule has 0 aliphatic carbocycles. The summed E-state index contributed by atoms with van der Waals surface area (Å²) in [5.74, 6) is -13.9. The Labute approximate surface area is 131 Å². The Morgan fingerprint density at radius 2 is 1.28 bits per heavy atom. The van der Waals surface area contributed by atoms with E-state index < -0.39 is 64.6 Å². The number of nitrogens with zero attached hydrogens (tertiary/aromatic N) is 1. The first-order valence-corrected chi connectivity index (χ1v) is 6.00. The number of rotatable bonds is 3. The largest absolute Gasteiger partial charge is 0.434 e. The molecule has 0 fully saturated rings. The third kappa shape index (κ3) is 3.46. The topological polar surface area (TPSA) is 22.1 Å². The summed E-state index contributed by atoms with van der Waals surface area (Å²) in [6, 6.07) is 0.556. The van der Waals surface area contributed by atoms with Gasteiger partial charge in [-0.15, -0.1) is 0 Å². The van der Waals surface area contributed by atoms with Crippen molar-refractivity contribution < 1.29 is 48.6 Å². The van der Waals surface area contributed by atoms with Gasteiger partial charge in [0.15, 0.2) is 29.0 Å². The molecule has 0 atom stereocenters. The highest BCUT2D eigenvalue weighted by molar-refractivity contribution is 5.68. The molecule has 2 rings (SSSR count). The van der Waals surface area contributed by atoms with Crippen molar-refractivity contribution in [2.45, 2.75) is 12.8 Å². The van der Waals surface area contributed by atoms with Crippen molar-refractivity contribution in [3.63, 3.8) is 0 Å². The van der Waals surface area contributed by atoms with Crippen LogP contribution in [0.25, 0.3) is 11.1 Å². The van der Waals surface area contributed by atoms with E-state index in [0.717, 1.165) is 0 Å². The molecule has 12 heteroatoms. The monoisotopic (exact) mass is 379 g/mol. The van der Waals surface area contributed by atoms with Crippen LogP contribution in [-0.4, -0.2) is 11.6 Å². The molecular weight excluding hydrogens is 376 g/mol. The summed E-state index contributed by atoms with van der Waals surface area (Å²) in [5, 5.41) is 0. The van der Waals surface area contributed by atoms with Gasteiger partial charge in [0.05, 0.1) is 5.56 Å². The van der Waals surface area contributed by atoms with Crippen molar-refractivity contribution in [2.75, 3.05) is 0 Å². The maximum Gasteiger partial charge on any atom is 0.434 e. The third-order valence-corrected chi connectivity index (χ3v) is 2.83. The van der Waals surface area contributed by atoms with Gasteiger partial charge in [-0.05, 0) is 6.07 Å². The average Bonchev–Trinajstić information content (AvgIpc) is 2.51. The van der Waals surface area contributed by atoms with E-state index in [1.807, 2.05) is 0 Å². The summed E-state index contributed by atoms with van der Waals surface area (Å²) in [7, 11) is 0. The Morgan fingerprint density at radius 1 is 0.800 bits per heavy atom. The molecule has 0 N–H and O–H groups in total. The molecule has 1 heterocycles. The zero-order valence-electron chi connectivity index (χ0n) is 11.4. The quantitative estimate of drug-likeness (QED) is 0.422. The lowest BCUT2D eigenvalue weighted by atomic mass is 10.0. The predicted octanol–water partition coefficient (Wildman–Crippen LogP) is 5.06. The van der Waals surface area contributed by atoms with Gasteiger partial charge in [0, 0.05) is 11.6 Å². The maximum atomic E-state index is 13.7. The van der Waals surface area contributed by atoms with Gasteiger partial charge in [-0.2, -0.15) is 22.0 Å². The second-order valence-electron chi connectivity index (χ2n) is 4.37. The van der Waals surface area contributed by atoms with E-state index in [1.165, 1.54) is 0 Å². The lowest BCUT2D eigenvalue weighted by Crippen LogP contribution is -2.14. The highest BCUT2D eigenvalue weighted by Crippen LogP contribution is 2.40. The second kappa shape index (κ2) is 6.41. The molecular formula is C13H3F10NO. The van der Waals surface area contributed by atoms with Gasteiger partial charge < -0.3 is 4.74 Å². The first-order chi connectivity index (χ1) is 11.4. The van der Waals surface area contributed by atoms with Crippen molar-refractivity contribution in [1.29, 1.82) is 0 Å². The van der Waals surface area contributed by atoms with Crippen molar-refractivity contribution in [1.82, 2.24) is 4.98 Å². The van der Waals surface area contributed by atoms with Gasteiger partial charge in [-0.25, -0.2) is 26.9 Å². The van der Waals surface area contributed by atoms with Crippen LogP contribution < -0.4 is 4.74 Å². The highest BCUT2D eigenvalue weighted by Gasteiger charge is 2.39. The molecule has 0 unspecified atom stereocenters. The van der Waals surface area contributed by atoms with E-state index in [-0.39, 0.29) is 6.07 Å². The normalized spacial score (nSPS) is 12.0. The molecule has 0 bridgehead atoms. The summed E-state index contributed by atoms with van der Waals surface area (Å²) < 4.78 is 133. The van der Waals surface area contributed by atoms with Crippen LogP contribution in [0.5, 0.6) is 5.88 Å². The Hall–Kier alpha value is -2.53. The number of ether oxygens (including phenoxy) is 1. The molecule has 0 aliphatic rings. The maximum absolute atomic E-state index is 13.7. The van der Waals surface area contributed by atoms with E-state index >= 15 is 0 Å². The first-order valence-electron chi connectivity index (χ1n) is 6.00. The summed E-state index contributed by atoms with van der Waals surface area (Å²) in [6.07, 6.45) is -5.48. The minimum atomic E-state index is -5.48. The summed E-state index contributed by atoms with van der Waals surface area (Å²) in [5.41, 5.74) is -5.62. The molecule has 2 nitrogen and oxygen atoms in total. The van der Waals surface area contributed by atoms with E-state index in [1.54, 1.807) is 0 Å². The van der Waals surface area contributed by atoms with Crippen LogP contribution in [-0.2, 0) is 6.18 Å². The molecule has 0 spiro atoms. The standard InChI is InChI=1S/C13H3F10NO/c14-6-5(7(15)9(17)10(18)8(6)16)3-1-2-4(25-12(19)20)24-11(3)13(21,22)23/h1-2,12H. The number of halogens is 10. The summed E-state index contributed by atoms with van der Waals surface area (Å²) in [6.45, 7) is -3.56. The van der Waals surface area contributed by atoms with Gasteiger partial charge >= 0.3 is 12.8 Å². The van der Waals surface area contributed by atoms with Crippen LogP contribution in [0.4, 0.5) is 43.9 Å². The van der Waals surface area contributed by atoms with Crippen molar-refractivity contribution in [3.05, 3.63) is 46.9 Å². The number of hydrogen-bond acceptors (Lipinski definition) is 2. The van der Waals surface area contributed by atoms with Gasteiger partial charge in [-0.1, -0.05) is 0 Å². The fourth-order valence-electron chi connectivity index (χ4n) is 1.86. The van der Waals surface area contributed by atoms with Crippen LogP contribution in [0.3, 0.4) is 0 Å². The minimum absolute atomic E-state index is 0.200. The molecule has 25 heavy (non-hydrogen) atoms. The molecule has 1 aromatic heterocycles. The van der Waals surface area contributed by atoms with Gasteiger partial charge in [-0.3, -0.25) is 0 Å². The van der Waals surface area contributed by atoms with Gasteiger partial charge in [0.1, 0.15) is 0 Å². The highest BCUT2D eigenvalue weighted by atomic mass is 19.4. The second-order valence-corrected chi connectivity index (χ2v) is 4.37. The lowest BCUT2D eigenvalue weighted by molar-refractivity contribution is -0.141. The predicted molar refractivity (Wildman–Crippen MR) is 61.1 cm³/mol. The zero-order valence-corrected chi connectivity index (χ0v) is 11.4. The zero-order chi connectivity index (χ0) is 19.1. The number of benzene rings is 1. The third-order valence-electron chi connectivity index (χ3n) is 2.83. The van der Waals surface area contributed by atoms with Crippen LogP contribution in [0.2, 0.25) is 0 Å². The van der Waals surface area contributed by atoms with Crippen LogP contribution in [0.15, 0.2) is 12.1 Å². The van der Waals surface area contributed by atoms with E-state index in [4.69, 9.17) is 0 Å². The van der Waals surface area contributed by atoms with Gasteiger partial charge in [0.25, 0.3) is 0 Å². The van der Waals surface area contributed by atoms with E-state index in [2.05, 4.69) is 9.72 Å². The smallest absolute Gasteiger partial charge is 0.417 e. The van der Waals surface area contributed by atoms with E-state index in [0.29, 0.717) is 6.07 Å². The first kappa shape index (κ1) is 18.8. The fraction of sp³-hybridized carbons (Fsp3) is 0.154. The molecule has 0 saturated carbocycles. The lowest BCUT2D eigenvalue weighted by Gasteiger charge is -2.15. The molecule has 2 aromatic rings. The Bertz CT molecular complexity index is 788. The van der Waals surface area contributed by atoms with E-state index in [9.17, 15) is 43.9 Å². The molecule has 0 aliphatic heterocycles. The van der Waals surface area contributed by atoms with Crippen LogP contribution in [0, 0.1) is 29.1 Å². The molecule has 0 saturated heterocycles. The number of pyridine rings is 1. The SMILES string of the molecule is Fc1c(F)c(F)c(-c2ccc(OC(F)F)nc2C(F)(F)F)c(F)c1F. The number of hydrogen-bond donors (Lipinski definition) is 0. The van der Waals surface area contributed by atoms with Crippen molar-refractivity contribution in [2.24, 2.45) is 0 Å². The van der Waals surface area contributed by atoms with Crippen molar-refractivity contribution in [3.8, 4) is 17.0 Å². The van der Waals surface area contributed by atoms with Crippen LogP contribution in [0.1, 0.15) is 5.69 Å². The molecule has 0 amide bonds.